The number of rotatable bonds is 8. The molecule has 0 unspecified atom stereocenters. The van der Waals surface area contributed by atoms with Crippen LogP contribution in [0.3, 0.4) is 0 Å². The lowest BCUT2D eigenvalue weighted by Crippen LogP contribution is -2.17. The monoisotopic (exact) mass is 458 g/mol. The first-order chi connectivity index (χ1) is 16.5. The molecule has 34 heavy (non-hydrogen) atoms. The molecule has 0 atom stereocenters. The molecule has 0 bridgehead atoms. The number of ether oxygens (including phenoxy) is 2. The van der Waals surface area contributed by atoms with Crippen molar-refractivity contribution in [3.63, 3.8) is 0 Å². The Morgan fingerprint density at radius 3 is 2.56 bits per heavy atom. The second kappa shape index (κ2) is 10.4. The molecule has 0 saturated heterocycles. The van der Waals surface area contributed by atoms with Crippen LogP contribution in [0.15, 0.2) is 77.9 Å². The van der Waals surface area contributed by atoms with E-state index in [4.69, 9.17) is 9.47 Å². The summed E-state index contributed by atoms with van der Waals surface area (Å²) in [6.45, 7) is 2.46. The highest BCUT2D eigenvalue weighted by molar-refractivity contribution is 5.94. The Labute approximate surface area is 196 Å². The second-order valence-electron chi connectivity index (χ2n) is 7.56. The molecule has 3 aromatic carbocycles. The zero-order valence-corrected chi connectivity index (χ0v) is 18.7. The van der Waals surface area contributed by atoms with Gasteiger partial charge in [-0.3, -0.25) is 9.89 Å². The number of aromatic nitrogens is 2. The number of hydrogen-bond acceptors (Lipinski definition) is 5. The first kappa shape index (κ1) is 22.7. The second-order valence-corrected chi connectivity index (χ2v) is 7.56. The minimum Gasteiger partial charge on any atom is -0.493 e. The lowest BCUT2D eigenvalue weighted by molar-refractivity contribution is 0.0950. The predicted octanol–water partition coefficient (Wildman–Crippen LogP) is 4.88. The van der Waals surface area contributed by atoms with Gasteiger partial charge in [0.2, 0.25) is 0 Å². The van der Waals surface area contributed by atoms with Crippen molar-refractivity contribution in [1.82, 2.24) is 15.6 Å². The average Bonchev–Trinajstić information content (AvgIpc) is 3.35. The Balaban J connectivity index is 1.41. The van der Waals surface area contributed by atoms with Gasteiger partial charge >= 0.3 is 0 Å². The van der Waals surface area contributed by atoms with Crippen molar-refractivity contribution in [3.05, 3.63) is 101 Å². The summed E-state index contributed by atoms with van der Waals surface area (Å²) in [4.78, 5) is 12.4. The highest BCUT2D eigenvalue weighted by Gasteiger charge is 2.13. The van der Waals surface area contributed by atoms with E-state index >= 15 is 0 Å². The van der Waals surface area contributed by atoms with Crippen LogP contribution < -0.4 is 14.9 Å². The van der Waals surface area contributed by atoms with Crippen LogP contribution in [0.25, 0.3) is 11.3 Å². The Kier molecular flexibility index (Phi) is 6.98. The number of aromatic amines is 1. The largest absolute Gasteiger partial charge is 0.493 e. The van der Waals surface area contributed by atoms with Crippen LogP contribution in [0, 0.1) is 12.7 Å². The third-order valence-corrected chi connectivity index (χ3v) is 5.05. The van der Waals surface area contributed by atoms with Crippen molar-refractivity contribution < 1.29 is 18.7 Å². The van der Waals surface area contributed by atoms with Gasteiger partial charge in [0.05, 0.1) is 19.0 Å². The number of carbonyl (C=O) groups is 1. The van der Waals surface area contributed by atoms with E-state index in [1.807, 2.05) is 43.3 Å². The third kappa shape index (κ3) is 5.66. The molecule has 8 heteroatoms. The molecular weight excluding hydrogens is 435 g/mol. The van der Waals surface area contributed by atoms with E-state index in [1.54, 1.807) is 31.4 Å². The summed E-state index contributed by atoms with van der Waals surface area (Å²) in [5.41, 5.74) is 6.88. The molecule has 0 radical (unpaired) electrons. The summed E-state index contributed by atoms with van der Waals surface area (Å²) in [5.74, 6) is 0.369. The van der Waals surface area contributed by atoms with Crippen LogP contribution in [0.4, 0.5) is 4.39 Å². The van der Waals surface area contributed by atoms with Crippen molar-refractivity contribution in [1.29, 1.82) is 0 Å². The predicted molar refractivity (Wildman–Crippen MR) is 128 cm³/mol. The van der Waals surface area contributed by atoms with Gasteiger partial charge in [0, 0.05) is 5.56 Å². The van der Waals surface area contributed by atoms with Crippen LogP contribution in [-0.2, 0) is 6.61 Å². The van der Waals surface area contributed by atoms with Crippen molar-refractivity contribution in [2.75, 3.05) is 7.11 Å². The van der Waals surface area contributed by atoms with Gasteiger partial charge < -0.3 is 9.47 Å². The Bertz CT molecular complexity index is 1300. The number of H-pyrrole nitrogens is 1. The molecule has 0 aliphatic carbocycles. The summed E-state index contributed by atoms with van der Waals surface area (Å²) in [6.07, 6.45) is 1.43. The standard InChI is InChI=1S/C26H23FN4O3/c1-17-3-5-19(6-4-17)16-34-24-12-9-20(13-25(24)33-2)22-14-23(30-29-22)26(32)31-28-15-18-7-10-21(27)11-8-18/h3-15H,16H2,1-2H3,(H,29,30)(H,31,32). The summed E-state index contributed by atoms with van der Waals surface area (Å²) in [7, 11) is 1.57. The Hall–Kier alpha value is -4.46. The molecule has 0 saturated carbocycles. The van der Waals surface area contributed by atoms with Crippen LogP contribution in [0.2, 0.25) is 0 Å². The van der Waals surface area contributed by atoms with E-state index in [0.717, 1.165) is 11.1 Å². The quantitative estimate of drug-likeness (QED) is 0.291. The van der Waals surface area contributed by atoms with Crippen LogP contribution in [0.5, 0.6) is 11.5 Å². The molecule has 0 spiro atoms. The topological polar surface area (TPSA) is 88.6 Å². The SMILES string of the molecule is COc1cc(-c2cc(C(=O)NN=Cc3ccc(F)cc3)[nH]n2)ccc1OCc1ccc(C)cc1. The van der Waals surface area contributed by atoms with Crippen LogP contribution >= 0.6 is 0 Å². The van der Waals surface area contributed by atoms with E-state index in [1.165, 1.54) is 23.9 Å². The van der Waals surface area contributed by atoms with Crippen molar-refractivity contribution in [2.24, 2.45) is 5.10 Å². The van der Waals surface area contributed by atoms with Gasteiger partial charge in [0.25, 0.3) is 5.91 Å². The minimum atomic E-state index is -0.456. The van der Waals surface area contributed by atoms with Gasteiger partial charge in [-0.05, 0) is 54.4 Å². The van der Waals surface area contributed by atoms with E-state index in [9.17, 15) is 9.18 Å². The number of nitrogens with one attached hydrogen (secondary N) is 2. The van der Waals surface area contributed by atoms with E-state index < -0.39 is 5.91 Å². The summed E-state index contributed by atoms with van der Waals surface area (Å²) in [6, 6.07) is 20.9. The zero-order valence-electron chi connectivity index (χ0n) is 18.7. The molecule has 172 valence electrons. The molecule has 7 nitrogen and oxygen atoms in total. The van der Waals surface area contributed by atoms with E-state index in [0.29, 0.717) is 29.4 Å². The molecule has 0 fully saturated rings. The van der Waals surface area contributed by atoms with E-state index in [2.05, 4.69) is 20.7 Å². The average molecular weight is 458 g/mol. The maximum Gasteiger partial charge on any atom is 0.289 e. The normalized spacial score (nSPS) is 10.9. The lowest BCUT2D eigenvalue weighted by atomic mass is 10.1. The zero-order chi connectivity index (χ0) is 23.9. The van der Waals surface area contributed by atoms with Crippen molar-refractivity contribution >= 4 is 12.1 Å². The van der Waals surface area contributed by atoms with Crippen molar-refractivity contribution in [3.8, 4) is 22.8 Å². The number of amides is 1. The molecule has 1 amide bonds. The van der Waals surface area contributed by atoms with Gasteiger partial charge in [0.1, 0.15) is 18.1 Å². The molecule has 0 aliphatic rings. The highest BCUT2D eigenvalue weighted by atomic mass is 19.1. The number of aryl methyl sites for hydroxylation is 1. The number of hydrazone groups is 1. The third-order valence-electron chi connectivity index (χ3n) is 5.05. The summed E-state index contributed by atoms with van der Waals surface area (Å²) in [5, 5.41) is 10.8. The summed E-state index contributed by atoms with van der Waals surface area (Å²) < 4.78 is 24.4. The van der Waals surface area contributed by atoms with E-state index in [-0.39, 0.29) is 11.5 Å². The fraction of sp³-hybridized carbons (Fsp3) is 0.115. The molecule has 4 aromatic rings. The fourth-order valence-corrected chi connectivity index (χ4v) is 3.15. The van der Waals surface area contributed by atoms with Gasteiger partial charge in [0.15, 0.2) is 11.5 Å². The van der Waals surface area contributed by atoms with Gasteiger partial charge in [-0.1, -0.05) is 42.0 Å². The first-order valence-corrected chi connectivity index (χ1v) is 10.5. The summed E-state index contributed by atoms with van der Waals surface area (Å²) >= 11 is 0. The molecular formula is C26H23FN4O3. The highest BCUT2D eigenvalue weighted by Crippen LogP contribution is 2.32. The number of hydrogen-bond donors (Lipinski definition) is 2. The number of carbonyl (C=O) groups excluding carboxylic acids is 1. The lowest BCUT2D eigenvalue weighted by Gasteiger charge is -2.12. The smallest absolute Gasteiger partial charge is 0.289 e. The van der Waals surface area contributed by atoms with Gasteiger partial charge in [-0.25, -0.2) is 9.82 Å². The maximum absolute atomic E-state index is 13.0. The minimum absolute atomic E-state index is 0.241. The molecule has 0 aliphatic heterocycles. The molecule has 2 N–H and O–H groups in total. The number of nitrogens with zero attached hydrogens (tertiary/aromatic N) is 2. The first-order valence-electron chi connectivity index (χ1n) is 10.5. The number of methoxy groups -OCH3 is 1. The Morgan fingerprint density at radius 1 is 1.06 bits per heavy atom. The number of halogens is 1. The van der Waals surface area contributed by atoms with Crippen LogP contribution in [0.1, 0.15) is 27.2 Å². The molecule has 1 aromatic heterocycles. The maximum atomic E-state index is 13.0. The molecule has 1 heterocycles. The van der Waals surface area contributed by atoms with Gasteiger partial charge in [-0.2, -0.15) is 10.2 Å². The van der Waals surface area contributed by atoms with Gasteiger partial charge in [-0.15, -0.1) is 0 Å². The van der Waals surface area contributed by atoms with Crippen LogP contribution in [-0.4, -0.2) is 29.4 Å². The van der Waals surface area contributed by atoms with Crippen molar-refractivity contribution in [2.45, 2.75) is 13.5 Å². The Morgan fingerprint density at radius 2 is 1.82 bits per heavy atom. The molecule has 4 rings (SSSR count). The fourth-order valence-electron chi connectivity index (χ4n) is 3.15. The number of benzene rings is 3.